The Morgan fingerprint density at radius 3 is 2.42 bits per heavy atom. The molecule has 3 rings (SSSR count). The van der Waals surface area contributed by atoms with Crippen molar-refractivity contribution in [2.45, 2.75) is 53.6 Å². The van der Waals surface area contributed by atoms with Gasteiger partial charge < -0.3 is 10.6 Å². The average Bonchev–Trinajstić information content (AvgIpc) is 3.17. The molecule has 2 heterocycles. The van der Waals surface area contributed by atoms with Gasteiger partial charge in [0.05, 0.1) is 17.1 Å². The number of aromatic nitrogens is 4. The van der Waals surface area contributed by atoms with Gasteiger partial charge in [-0.3, -0.25) is 9.67 Å². The van der Waals surface area contributed by atoms with Gasteiger partial charge in [-0.1, -0.05) is 18.2 Å². The predicted octanol–water partition coefficient (Wildman–Crippen LogP) is 3.75. The summed E-state index contributed by atoms with van der Waals surface area (Å²) >= 11 is 0. The summed E-state index contributed by atoms with van der Waals surface area (Å²) in [6, 6.07) is 10.6. The highest BCUT2D eigenvalue weighted by atomic mass is 127. The summed E-state index contributed by atoms with van der Waals surface area (Å²) in [5.41, 5.74) is 7.98. The normalized spacial score (nSPS) is 12.4. The molecular weight excluding hydrogens is 501 g/mol. The summed E-state index contributed by atoms with van der Waals surface area (Å²) in [7, 11) is 3.79. The third-order valence-corrected chi connectivity index (χ3v) is 5.45. The predicted molar refractivity (Wildman–Crippen MR) is 138 cm³/mol. The molecule has 0 aliphatic carbocycles. The van der Waals surface area contributed by atoms with Gasteiger partial charge in [-0.25, -0.2) is 4.68 Å². The number of nitrogens with one attached hydrogen (secondary N) is 2. The zero-order valence-electron chi connectivity index (χ0n) is 19.5. The molecule has 0 aliphatic rings. The van der Waals surface area contributed by atoms with E-state index in [2.05, 4.69) is 77.8 Å². The number of rotatable bonds is 6. The molecule has 1 atom stereocenters. The van der Waals surface area contributed by atoms with E-state index in [0.717, 1.165) is 35.1 Å². The summed E-state index contributed by atoms with van der Waals surface area (Å²) in [5.74, 6) is 0.782. The van der Waals surface area contributed by atoms with E-state index in [4.69, 9.17) is 0 Å². The van der Waals surface area contributed by atoms with Crippen molar-refractivity contribution in [2.75, 3.05) is 7.05 Å². The molecule has 7 nitrogen and oxygen atoms in total. The maximum atomic E-state index is 4.64. The fourth-order valence-electron chi connectivity index (χ4n) is 3.82. The molecule has 2 N–H and O–H groups in total. The Morgan fingerprint density at radius 2 is 1.84 bits per heavy atom. The van der Waals surface area contributed by atoms with Crippen LogP contribution >= 0.6 is 24.0 Å². The van der Waals surface area contributed by atoms with Crippen LogP contribution in [0.2, 0.25) is 0 Å². The molecule has 0 saturated heterocycles. The second-order valence-corrected chi connectivity index (χ2v) is 7.92. The average molecular weight is 535 g/mol. The summed E-state index contributed by atoms with van der Waals surface area (Å²) in [5, 5.41) is 16.1. The van der Waals surface area contributed by atoms with Gasteiger partial charge >= 0.3 is 0 Å². The smallest absolute Gasteiger partial charge is 0.191 e. The highest BCUT2D eigenvalue weighted by Gasteiger charge is 2.14. The van der Waals surface area contributed by atoms with Crippen LogP contribution < -0.4 is 10.6 Å². The molecule has 168 valence electrons. The number of aliphatic imine (C=N–C) groups is 1. The van der Waals surface area contributed by atoms with Gasteiger partial charge in [-0.15, -0.1) is 24.0 Å². The van der Waals surface area contributed by atoms with Crippen molar-refractivity contribution < 1.29 is 0 Å². The van der Waals surface area contributed by atoms with E-state index in [1.807, 2.05) is 29.4 Å². The summed E-state index contributed by atoms with van der Waals surface area (Å²) in [4.78, 5) is 4.41. The monoisotopic (exact) mass is 535 g/mol. The van der Waals surface area contributed by atoms with Crippen LogP contribution in [0.25, 0.3) is 5.69 Å². The molecule has 1 unspecified atom stereocenters. The number of hydrogen-bond acceptors (Lipinski definition) is 3. The van der Waals surface area contributed by atoms with E-state index in [-0.39, 0.29) is 30.0 Å². The number of guanidine groups is 1. The van der Waals surface area contributed by atoms with Crippen molar-refractivity contribution >= 4 is 29.9 Å². The van der Waals surface area contributed by atoms with Gasteiger partial charge in [-0.05, 0) is 64.3 Å². The van der Waals surface area contributed by atoms with Gasteiger partial charge in [-0.2, -0.15) is 10.2 Å². The van der Waals surface area contributed by atoms with Gasteiger partial charge in [0.15, 0.2) is 5.96 Å². The lowest BCUT2D eigenvalue weighted by molar-refractivity contribution is 0.635. The molecule has 0 amide bonds. The molecule has 31 heavy (non-hydrogen) atoms. The fourth-order valence-corrected chi connectivity index (χ4v) is 3.82. The van der Waals surface area contributed by atoms with E-state index in [9.17, 15) is 0 Å². The molecule has 0 aliphatic heterocycles. The van der Waals surface area contributed by atoms with Crippen LogP contribution in [0.1, 0.15) is 40.8 Å². The number of hydrogen-bond donors (Lipinski definition) is 2. The zero-order chi connectivity index (χ0) is 21.8. The maximum absolute atomic E-state index is 4.64. The molecule has 8 heteroatoms. The number of halogens is 1. The van der Waals surface area contributed by atoms with Crippen LogP contribution in [0.4, 0.5) is 0 Å². The third kappa shape index (κ3) is 5.87. The molecule has 2 aromatic heterocycles. The van der Waals surface area contributed by atoms with Gasteiger partial charge in [0.2, 0.25) is 0 Å². The van der Waals surface area contributed by atoms with Crippen LogP contribution in [0.5, 0.6) is 0 Å². The van der Waals surface area contributed by atoms with Crippen molar-refractivity contribution in [2.24, 2.45) is 12.0 Å². The number of benzene rings is 1. The van der Waals surface area contributed by atoms with Crippen molar-refractivity contribution in [3.05, 3.63) is 64.2 Å². The van der Waals surface area contributed by atoms with Crippen LogP contribution in [-0.4, -0.2) is 38.6 Å². The van der Waals surface area contributed by atoms with Gasteiger partial charge in [0.25, 0.3) is 0 Å². The zero-order valence-corrected chi connectivity index (χ0v) is 21.9. The third-order valence-electron chi connectivity index (χ3n) is 5.45. The molecular formula is C23H34IN7. The van der Waals surface area contributed by atoms with Crippen molar-refractivity contribution in [3.63, 3.8) is 0 Å². The summed E-state index contributed by atoms with van der Waals surface area (Å²) in [6.45, 7) is 11.1. The molecule has 0 radical (unpaired) electrons. The standard InChI is InChI=1S/C23H33N7.HI/c1-15(13-21-18(4)28-29(7)19(21)5)26-23(24-6)25-14-20-10-8-9-11-22(20)30-17(3)12-16(2)27-30;/h8-12,15H,13-14H2,1-7H3,(H2,24,25,26);1H. The Bertz CT molecular complexity index is 1050. The summed E-state index contributed by atoms with van der Waals surface area (Å²) in [6.07, 6.45) is 0.897. The van der Waals surface area contributed by atoms with Crippen molar-refractivity contribution in [1.29, 1.82) is 0 Å². The van der Waals surface area contributed by atoms with E-state index in [1.165, 1.54) is 16.8 Å². The number of aryl methyl sites for hydroxylation is 4. The SMILES string of the molecule is CN=C(NCc1ccccc1-n1nc(C)cc1C)NC(C)Cc1c(C)nn(C)c1C.I. The topological polar surface area (TPSA) is 72.1 Å². The molecule has 3 aromatic rings. The van der Waals surface area contributed by atoms with Crippen molar-refractivity contribution in [1.82, 2.24) is 30.2 Å². The molecule has 0 saturated carbocycles. The van der Waals surface area contributed by atoms with Crippen LogP contribution in [0.15, 0.2) is 35.3 Å². The minimum Gasteiger partial charge on any atom is -0.354 e. The van der Waals surface area contributed by atoms with Crippen LogP contribution in [-0.2, 0) is 20.0 Å². The first-order valence-corrected chi connectivity index (χ1v) is 10.4. The lowest BCUT2D eigenvalue weighted by Crippen LogP contribution is -2.42. The summed E-state index contributed by atoms with van der Waals surface area (Å²) < 4.78 is 3.94. The highest BCUT2D eigenvalue weighted by Crippen LogP contribution is 2.17. The van der Waals surface area contributed by atoms with E-state index < -0.39 is 0 Å². The first-order chi connectivity index (χ1) is 14.3. The highest BCUT2D eigenvalue weighted by molar-refractivity contribution is 14.0. The largest absolute Gasteiger partial charge is 0.354 e. The fraction of sp³-hybridized carbons (Fsp3) is 0.435. The lowest BCUT2D eigenvalue weighted by atomic mass is 10.1. The number of nitrogens with zero attached hydrogens (tertiary/aromatic N) is 5. The Hall–Kier alpha value is -2.36. The van der Waals surface area contributed by atoms with E-state index in [0.29, 0.717) is 6.54 Å². The molecule has 1 aromatic carbocycles. The van der Waals surface area contributed by atoms with Crippen LogP contribution in [0.3, 0.4) is 0 Å². The van der Waals surface area contributed by atoms with Crippen molar-refractivity contribution in [3.8, 4) is 5.69 Å². The molecule has 0 bridgehead atoms. The quantitative estimate of drug-likeness (QED) is 0.287. The molecule has 0 fully saturated rings. The Kier molecular flexibility index (Phi) is 8.67. The first kappa shape index (κ1) is 24.9. The Balaban J connectivity index is 0.00000341. The molecule has 0 spiro atoms. The lowest BCUT2D eigenvalue weighted by Gasteiger charge is -2.19. The second-order valence-electron chi connectivity index (χ2n) is 7.92. The maximum Gasteiger partial charge on any atom is 0.191 e. The van der Waals surface area contributed by atoms with E-state index in [1.54, 1.807) is 7.05 Å². The van der Waals surface area contributed by atoms with Crippen LogP contribution in [0, 0.1) is 27.7 Å². The van der Waals surface area contributed by atoms with Gasteiger partial charge in [0.1, 0.15) is 0 Å². The number of para-hydroxylation sites is 1. The Labute approximate surface area is 202 Å². The van der Waals surface area contributed by atoms with Gasteiger partial charge in [0, 0.05) is 38.1 Å². The van der Waals surface area contributed by atoms with E-state index >= 15 is 0 Å². The second kappa shape index (κ2) is 10.8. The Morgan fingerprint density at radius 1 is 1.13 bits per heavy atom. The minimum atomic E-state index is 0. The first-order valence-electron chi connectivity index (χ1n) is 10.4. The minimum absolute atomic E-state index is 0.